The van der Waals surface area contributed by atoms with Crippen molar-refractivity contribution in [3.63, 3.8) is 0 Å². The lowest BCUT2D eigenvalue weighted by Crippen LogP contribution is -2.64. The van der Waals surface area contributed by atoms with E-state index >= 15 is 0 Å². The lowest BCUT2D eigenvalue weighted by molar-refractivity contribution is -0.132. The van der Waals surface area contributed by atoms with E-state index in [-0.39, 0.29) is 11.8 Å². The highest BCUT2D eigenvalue weighted by atomic mass is 16.2. The Bertz CT molecular complexity index is 941. The summed E-state index contributed by atoms with van der Waals surface area (Å²) in [4.78, 5) is 21.4. The van der Waals surface area contributed by atoms with Gasteiger partial charge in [0, 0.05) is 43.7 Å². The van der Waals surface area contributed by atoms with Crippen molar-refractivity contribution in [1.82, 2.24) is 10.2 Å². The van der Waals surface area contributed by atoms with Gasteiger partial charge >= 0.3 is 0 Å². The Balaban J connectivity index is 1.46. The van der Waals surface area contributed by atoms with Gasteiger partial charge in [-0.05, 0) is 35.8 Å². The van der Waals surface area contributed by atoms with Crippen LogP contribution in [0.3, 0.4) is 0 Å². The van der Waals surface area contributed by atoms with E-state index in [1.54, 1.807) is 0 Å². The first-order chi connectivity index (χ1) is 15.1. The normalized spacial score (nSPS) is 31.3. The van der Waals surface area contributed by atoms with Crippen LogP contribution in [0.4, 0.5) is 0 Å². The molecule has 1 saturated carbocycles. The Morgan fingerprint density at radius 1 is 1.10 bits per heavy atom. The summed E-state index contributed by atoms with van der Waals surface area (Å²) in [5.41, 5.74) is 1.78. The number of nitrogens with zero attached hydrogens (tertiary/aromatic N) is 2. The van der Waals surface area contributed by atoms with E-state index in [0.29, 0.717) is 30.3 Å². The van der Waals surface area contributed by atoms with Crippen LogP contribution in [-0.2, 0) is 17.8 Å². The second kappa shape index (κ2) is 8.23. The number of benzene rings is 2. The smallest absolute Gasteiger partial charge is 0.248 e. The zero-order chi connectivity index (χ0) is 21.4. The molecule has 1 amide bonds. The van der Waals surface area contributed by atoms with Crippen LogP contribution in [-0.4, -0.2) is 41.7 Å². The quantitative estimate of drug-likeness (QED) is 0.744. The van der Waals surface area contributed by atoms with Crippen LogP contribution < -0.4 is 5.32 Å². The van der Waals surface area contributed by atoms with E-state index < -0.39 is 5.54 Å². The molecule has 0 radical (unpaired) electrons. The molecule has 1 N–H and O–H groups in total. The van der Waals surface area contributed by atoms with Gasteiger partial charge in [0.2, 0.25) is 5.91 Å². The fourth-order valence-corrected chi connectivity index (χ4v) is 6.28. The molecule has 2 aromatic carbocycles. The van der Waals surface area contributed by atoms with Crippen molar-refractivity contribution < 1.29 is 4.79 Å². The van der Waals surface area contributed by atoms with Crippen LogP contribution in [0.25, 0.3) is 0 Å². The molecule has 2 fully saturated rings. The van der Waals surface area contributed by atoms with Gasteiger partial charge < -0.3 is 5.32 Å². The highest BCUT2D eigenvalue weighted by Crippen LogP contribution is 2.54. The van der Waals surface area contributed by atoms with Crippen molar-refractivity contribution in [3.05, 3.63) is 71.8 Å². The van der Waals surface area contributed by atoms with Crippen molar-refractivity contribution in [3.8, 4) is 0 Å². The van der Waals surface area contributed by atoms with Gasteiger partial charge in [-0.15, -0.1) is 0 Å². The topological polar surface area (TPSA) is 44.7 Å². The first-order valence-corrected chi connectivity index (χ1v) is 11.7. The molecular formula is C27H33N3O. The van der Waals surface area contributed by atoms with Crippen LogP contribution in [0.5, 0.6) is 0 Å². The number of nitrogens with one attached hydrogen (secondary N) is 1. The molecule has 162 valence electrons. The SMILES string of the molecule is CC(C)CN1C[C@H]2C[C@]3(C(=O)NCc4ccccc4)N=C[C@H]2[C@H]1[C@H]3Cc1ccccc1. The number of carbonyl (C=O) groups excluding carboxylic acids is 1. The number of carbonyl (C=O) groups is 1. The second-order valence-corrected chi connectivity index (χ2v) is 10.0. The molecule has 5 atom stereocenters. The fraction of sp³-hybridized carbons (Fsp3) is 0.481. The molecule has 1 aliphatic carbocycles. The molecule has 31 heavy (non-hydrogen) atoms. The van der Waals surface area contributed by atoms with E-state index in [2.05, 4.69) is 72.7 Å². The van der Waals surface area contributed by atoms with Crippen LogP contribution >= 0.6 is 0 Å². The lowest BCUT2D eigenvalue weighted by atomic mass is 9.59. The average molecular weight is 416 g/mol. The van der Waals surface area contributed by atoms with Gasteiger partial charge in [-0.2, -0.15) is 0 Å². The molecule has 4 aliphatic rings. The minimum atomic E-state index is -0.652. The summed E-state index contributed by atoms with van der Waals surface area (Å²) in [5, 5.41) is 3.25. The molecule has 6 rings (SSSR count). The highest BCUT2D eigenvalue weighted by Gasteiger charge is 2.63. The van der Waals surface area contributed by atoms with Gasteiger partial charge in [0.15, 0.2) is 0 Å². The van der Waals surface area contributed by atoms with Crippen molar-refractivity contribution >= 4 is 12.1 Å². The number of hydrogen-bond donors (Lipinski definition) is 1. The molecule has 0 unspecified atom stereocenters. The maximum Gasteiger partial charge on any atom is 0.248 e. The summed E-state index contributed by atoms with van der Waals surface area (Å²) >= 11 is 0. The molecule has 2 aromatic rings. The van der Waals surface area contributed by atoms with Crippen molar-refractivity contribution in [2.45, 2.75) is 44.8 Å². The largest absolute Gasteiger partial charge is 0.350 e. The Morgan fingerprint density at radius 3 is 2.45 bits per heavy atom. The third kappa shape index (κ3) is 3.71. The number of rotatable bonds is 7. The first kappa shape index (κ1) is 20.4. The lowest BCUT2D eigenvalue weighted by Gasteiger charge is -2.51. The predicted molar refractivity (Wildman–Crippen MR) is 125 cm³/mol. The summed E-state index contributed by atoms with van der Waals surface area (Å²) < 4.78 is 0. The maximum atomic E-state index is 13.8. The summed E-state index contributed by atoms with van der Waals surface area (Å²) in [6, 6.07) is 21.2. The third-order valence-corrected chi connectivity index (χ3v) is 7.49. The Labute approximate surface area is 185 Å². The molecule has 0 spiro atoms. The number of likely N-dealkylation sites (tertiary alicyclic amines) is 1. The van der Waals surface area contributed by atoms with Crippen LogP contribution in [0, 0.1) is 23.7 Å². The summed E-state index contributed by atoms with van der Waals surface area (Å²) in [5.74, 6) is 1.95. The van der Waals surface area contributed by atoms with Gasteiger partial charge in [-0.25, -0.2) is 0 Å². The van der Waals surface area contributed by atoms with Crippen molar-refractivity contribution in [1.29, 1.82) is 0 Å². The van der Waals surface area contributed by atoms with Gasteiger partial charge in [-0.1, -0.05) is 74.5 Å². The van der Waals surface area contributed by atoms with Crippen molar-refractivity contribution in [2.24, 2.45) is 28.7 Å². The summed E-state index contributed by atoms with van der Waals surface area (Å²) in [6.45, 7) is 7.34. The van der Waals surface area contributed by atoms with Crippen LogP contribution in [0.1, 0.15) is 31.4 Å². The molecule has 3 aliphatic heterocycles. The molecule has 4 bridgehead atoms. The van der Waals surface area contributed by atoms with Gasteiger partial charge in [0.25, 0.3) is 0 Å². The monoisotopic (exact) mass is 415 g/mol. The van der Waals surface area contributed by atoms with Gasteiger partial charge in [0.05, 0.1) is 0 Å². The standard InChI is InChI=1S/C27H33N3O/c1-19(2)17-30-18-22-14-27(26(31)28-15-21-11-7-4-8-12-21)24(25(30)23(22)16-29-27)13-20-9-5-3-6-10-20/h3-12,16,19,22-25H,13-15,17-18H2,1-2H3,(H,28,31)/t22-,23-,24-,25+,27+/m1/s1. The predicted octanol–water partition coefficient (Wildman–Crippen LogP) is 3.96. The van der Waals surface area contributed by atoms with Crippen LogP contribution in [0.2, 0.25) is 0 Å². The zero-order valence-electron chi connectivity index (χ0n) is 18.6. The third-order valence-electron chi connectivity index (χ3n) is 7.49. The van der Waals surface area contributed by atoms with E-state index in [9.17, 15) is 4.79 Å². The van der Waals surface area contributed by atoms with Gasteiger partial charge in [-0.3, -0.25) is 14.7 Å². The Hall–Kier alpha value is -2.46. The van der Waals surface area contributed by atoms with Crippen LogP contribution in [0.15, 0.2) is 65.7 Å². The Morgan fingerprint density at radius 2 is 1.77 bits per heavy atom. The maximum absolute atomic E-state index is 13.8. The zero-order valence-corrected chi connectivity index (χ0v) is 18.6. The molecular weight excluding hydrogens is 382 g/mol. The molecule has 0 aromatic heterocycles. The molecule has 4 nitrogen and oxygen atoms in total. The minimum Gasteiger partial charge on any atom is -0.350 e. The summed E-state index contributed by atoms with van der Waals surface area (Å²) in [7, 11) is 0. The summed E-state index contributed by atoms with van der Waals surface area (Å²) in [6.07, 6.45) is 3.92. The van der Waals surface area contributed by atoms with E-state index in [4.69, 9.17) is 4.99 Å². The van der Waals surface area contributed by atoms with E-state index in [1.165, 1.54) is 5.56 Å². The molecule has 3 heterocycles. The van der Waals surface area contributed by atoms with E-state index in [0.717, 1.165) is 31.5 Å². The average Bonchev–Trinajstić information content (AvgIpc) is 3.08. The Kier molecular flexibility index (Phi) is 5.43. The van der Waals surface area contributed by atoms with E-state index in [1.807, 2.05) is 18.2 Å². The molecule has 4 heteroatoms. The minimum absolute atomic E-state index is 0.105. The number of amides is 1. The second-order valence-electron chi connectivity index (χ2n) is 10.0. The fourth-order valence-electron chi connectivity index (χ4n) is 6.28. The number of aliphatic imine (C=N–C) groups is 1. The highest BCUT2D eigenvalue weighted by molar-refractivity contribution is 5.91. The van der Waals surface area contributed by atoms with Crippen molar-refractivity contribution in [2.75, 3.05) is 13.1 Å². The first-order valence-electron chi connectivity index (χ1n) is 11.7. The molecule has 1 saturated heterocycles. The number of hydrogen-bond acceptors (Lipinski definition) is 3. The van der Waals surface area contributed by atoms with Gasteiger partial charge in [0.1, 0.15) is 5.54 Å².